The summed E-state index contributed by atoms with van der Waals surface area (Å²) in [6.07, 6.45) is 4.56. The van der Waals surface area contributed by atoms with Crippen LogP contribution >= 0.6 is 12.4 Å². The normalized spacial score (nSPS) is 16.1. The van der Waals surface area contributed by atoms with Crippen molar-refractivity contribution >= 4 is 24.0 Å². The van der Waals surface area contributed by atoms with Crippen molar-refractivity contribution in [1.82, 2.24) is 20.1 Å². The van der Waals surface area contributed by atoms with Crippen LogP contribution in [0, 0.1) is 11.8 Å². The van der Waals surface area contributed by atoms with E-state index in [-0.39, 0.29) is 18.3 Å². The molecule has 136 valence electrons. The van der Waals surface area contributed by atoms with Crippen molar-refractivity contribution < 1.29 is 4.79 Å². The molecule has 1 amide bonds. The van der Waals surface area contributed by atoms with Crippen molar-refractivity contribution in [2.45, 2.75) is 26.2 Å². The van der Waals surface area contributed by atoms with Gasteiger partial charge in [0.05, 0.1) is 0 Å². The van der Waals surface area contributed by atoms with Crippen molar-refractivity contribution in [1.29, 1.82) is 0 Å². The molecule has 0 aliphatic carbocycles. The average molecular weight is 364 g/mol. The Morgan fingerprint density at radius 2 is 2.16 bits per heavy atom. The summed E-state index contributed by atoms with van der Waals surface area (Å²) in [5.74, 6) is 1.92. The van der Waals surface area contributed by atoms with Crippen LogP contribution in [0.2, 0.25) is 0 Å². The Kier molecular flexibility index (Phi) is 6.96. The minimum Gasteiger partial charge on any atom is -0.326 e. The zero-order valence-corrected chi connectivity index (χ0v) is 15.6. The van der Waals surface area contributed by atoms with E-state index in [0.717, 1.165) is 43.0 Å². The predicted molar refractivity (Wildman–Crippen MR) is 102 cm³/mol. The number of nitrogens with zero attached hydrogens (tertiary/aromatic N) is 3. The lowest BCUT2D eigenvalue weighted by molar-refractivity contribution is -0.117. The van der Waals surface area contributed by atoms with Crippen LogP contribution in [0.1, 0.15) is 26.2 Å². The number of aromatic nitrogens is 3. The van der Waals surface area contributed by atoms with Crippen LogP contribution in [-0.4, -0.2) is 33.8 Å². The highest BCUT2D eigenvalue weighted by Crippen LogP contribution is 2.25. The van der Waals surface area contributed by atoms with Crippen LogP contribution in [0.5, 0.6) is 0 Å². The number of benzene rings is 1. The number of rotatable bonds is 5. The fraction of sp³-hybridized carbons (Fsp3) is 0.500. The number of nitrogens with one attached hydrogen (secondary N) is 2. The Bertz CT molecular complexity index is 696. The minimum absolute atomic E-state index is 0. The molecule has 2 N–H and O–H groups in total. The third-order valence-corrected chi connectivity index (χ3v) is 4.81. The summed E-state index contributed by atoms with van der Waals surface area (Å²) < 4.78 is 1.86. The first-order valence-corrected chi connectivity index (χ1v) is 8.58. The monoisotopic (exact) mass is 363 g/mol. The highest BCUT2D eigenvalue weighted by Gasteiger charge is 2.22. The molecule has 0 radical (unpaired) electrons. The third-order valence-electron chi connectivity index (χ3n) is 4.81. The van der Waals surface area contributed by atoms with E-state index < -0.39 is 0 Å². The Labute approximate surface area is 154 Å². The van der Waals surface area contributed by atoms with Gasteiger partial charge < -0.3 is 15.2 Å². The molecule has 1 aliphatic heterocycles. The molecule has 3 rings (SSSR count). The number of aryl methyl sites for hydroxylation is 1. The van der Waals surface area contributed by atoms with Gasteiger partial charge in [-0.25, -0.2) is 0 Å². The second kappa shape index (κ2) is 8.97. The fourth-order valence-electron chi connectivity index (χ4n) is 3.37. The van der Waals surface area contributed by atoms with Crippen LogP contribution in [-0.2, 0) is 11.8 Å². The van der Waals surface area contributed by atoms with Gasteiger partial charge in [-0.2, -0.15) is 0 Å². The number of piperidine rings is 1. The average Bonchev–Trinajstić information content (AvgIpc) is 3.02. The molecule has 6 nitrogen and oxygen atoms in total. The molecular formula is C18H26ClN5O. The maximum Gasteiger partial charge on any atom is 0.224 e. The van der Waals surface area contributed by atoms with Gasteiger partial charge in [-0.1, -0.05) is 19.1 Å². The predicted octanol–water partition coefficient (Wildman–Crippen LogP) is 2.87. The van der Waals surface area contributed by atoms with E-state index in [0.29, 0.717) is 18.3 Å². The first-order valence-electron chi connectivity index (χ1n) is 8.58. The largest absolute Gasteiger partial charge is 0.326 e. The molecule has 1 unspecified atom stereocenters. The molecule has 1 aromatic carbocycles. The first-order chi connectivity index (χ1) is 11.6. The highest BCUT2D eigenvalue weighted by molar-refractivity contribution is 5.91. The molecule has 7 heteroatoms. The maximum atomic E-state index is 12.4. The topological polar surface area (TPSA) is 71.8 Å². The van der Waals surface area contributed by atoms with Gasteiger partial charge in [0.15, 0.2) is 5.82 Å². The van der Waals surface area contributed by atoms with Crippen molar-refractivity contribution in [2.24, 2.45) is 18.9 Å². The van der Waals surface area contributed by atoms with Crippen LogP contribution < -0.4 is 10.6 Å². The zero-order chi connectivity index (χ0) is 16.9. The zero-order valence-electron chi connectivity index (χ0n) is 14.7. The van der Waals surface area contributed by atoms with Crippen LogP contribution in [0.3, 0.4) is 0 Å². The smallest absolute Gasteiger partial charge is 0.224 e. The van der Waals surface area contributed by atoms with Crippen LogP contribution in [0.25, 0.3) is 11.4 Å². The number of anilines is 1. The second-order valence-electron chi connectivity index (χ2n) is 6.66. The fourth-order valence-corrected chi connectivity index (χ4v) is 3.37. The molecule has 1 aromatic heterocycles. The summed E-state index contributed by atoms with van der Waals surface area (Å²) in [5.41, 5.74) is 1.75. The van der Waals surface area contributed by atoms with Gasteiger partial charge in [0.2, 0.25) is 5.91 Å². The van der Waals surface area contributed by atoms with Crippen LogP contribution in [0.15, 0.2) is 30.6 Å². The molecule has 1 atom stereocenters. The van der Waals surface area contributed by atoms with Crippen molar-refractivity contribution in [3.63, 3.8) is 0 Å². The molecule has 1 saturated heterocycles. The van der Waals surface area contributed by atoms with Crippen molar-refractivity contribution in [3.05, 3.63) is 30.6 Å². The van der Waals surface area contributed by atoms with Gasteiger partial charge >= 0.3 is 0 Å². The van der Waals surface area contributed by atoms with Gasteiger partial charge in [0.25, 0.3) is 0 Å². The second-order valence-corrected chi connectivity index (χ2v) is 6.66. The van der Waals surface area contributed by atoms with Gasteiger partial charge in [-0.15, -0.1) is 22.6 Å². The van der Waals surface area contributed by atoms with E-state index in [1.54, 1.807) is 6.33 Å². The lowest BCUT2D eigenvalue weighted by atomic mass is 9.84. The Morgan fingerprint density at radius 3 is 2.84 bits per heavy atom. The van der Waals surface area contributed by atoms with Gasteiger partial charge in [-0.3, -0.25) is 4.79 Å². The van der Waals surface area contributed by atoms with E-state index in [4.69, 9.17) is 0 Å². The molecule has 25 heavy (non-hydrogen) atoms. The van der Waals surface area contributed by atoms with Gasteiger partial charge in [0, 0.05) is 24.7 Å². The Balaban J connectivity index is 0.00000225. The van der Waals surface area contributed by atoms with E-state index in [1.807, 2.05) is 35.9 Å². The number of hydrogen-bond acceptors (Lipinski definition) is 4. The highest BCUT2D eigenvalue weighted by atomic mass is 35.5. The number of carbonyl (C=O) groups is 1. The van der Waals surface area contributed by atoms with Crippen molar-refractivity contribution in [2.75, 3.05) is 18.4 Å². The first kappa shape index (κ1) is 19.4. The van der Waals surface area contributed by atoms with E-state index >= 15 is 0 Å². The number of halogens is 1. The SMILES string of the molecule is CC(CC(=O)Nc1cccc(-c2nncn2C)c1)C1CCNCC1.Cl. The molecule has 0 saturated carbocycles. The molecule has 0 spiro atoms. The lowest BCUT2D eigenvalue weighted by Crippen LogP contribution is -2.32. The van der Waals surface area contributed by atoms with Crippen LogP contribution in [0.4, 0.5) is 5.69 Å². The lowest BCUT2D eigenvalue weighted by Gasteiger charge is -2.27. The number of hydrogen-bond donors (Lipinski definition) is 2. The Morgan fingerprint density at radius 1 is 1.40 bits per heavy atom. The summed E-state index contributed by atoms with van der Waals surface area (Å²) >= 11 is 0. The summed E-state index contributed by atoms with van der Waals surface area (Å²) in [4.78, 5) is 12.4. The standard InChI is InChI=1S/C18H25N5O.ClH/c1-13(14-6-8-19-9-7-14)10-17(24)21-16-5-3-4-15(11-16)18-22-20-12-23(18)2;/h3-5,11-14,19H,6-10H2,1-2H3,(H,21,24);1H. The molecule has 2 aromatic rings. The third kappa shape index (κ3) is 5.03. The summed E-state index contributed by atoms with van der Waals surface area (Å²) in [5, 5.41) is 14.4. The molecule has 0 bridgehead atoms. The summed E-state index contributed by atoms with van der Waals surface area (Å²) in [7, 11) is 1.90. The van der Waals surface area contributed by atoms with Crippen molar-refractivity contribution in [3.8, 4) is 11.4 Å². The Hall–Kier alpha value is -1.92. The molecule has 1 fully saturated rings. The van der Waals surface area contributed by atoms with E-state index in [2.05, 4.69) is 27.8 Å². The quantitative estimate of drug-likeness (QED) is 0.856. The summed E-state index contributed by atoms with van der Waals surface area (Å²) in [6.45, 7) is 4.32. The molecule has 1 aliphatic rings. The number of amides is 1. The summed E-state index contributed by atoms with van der Waals surface area (Å²) in [6, 6.07) is 7.75. The molecular weight excluding hydrogens is 338 g/mol. The number of carbonyl (C=O) groups excluding carboxylic acids is 1. The van der Waals surface area contributed by atoms with E-state index in [1.165, 1.54) is 0 Å². The van der Waals surface area contributed by atoms with E-state index in [9.17, 15) is 4.79 Å². The minimum atomic E-state index is 0. The maximum absolute atomic E-state index is 12.4. The van der Waals surface area contributed by atoms with Gasteiger partial charge in [0.1, 0.15) is 6.33 Å². The molecule has 2 heterocycles. The van der Waals surface area contributed by atoms with Gasteiger partial charge in [-0.05, 0) is 49.9 Å².